The Labute approximate surface area is 128 Å². The van der Waals surface area contributed by atoms with E-state index in [1.165, 1.54) is 32.4 Å². The van der Waals surface area contributed by atoms with Gasteiger partial charge in [0.25, 0.3) is 0 Å². The number of rotatable bonds is 7. The summed E-state index contributed by atoms with van der Waals surface area (Å²) < 4.78 is 2.00. The predicted molar refractivity (Wildman–Crippen MR) is 83.8 cm³/mol. The number of hydrogen-bond donors (Lipinski definition) is 1. The molecule has 3 rings (SSSR count). The van der Waals surface area contributed by atoms with Gasteiger partial charge in [-0.15, -0.1) is 5.10 Å². The molecule has 1 N–H and O–H groups in total. The molecule has 2 aliphatic rings. The number of hydrogen-bond acceptors (Lipinski definition) is 4. The van der Waals surface area contributed by atoms with Gasteiger partial charge in [-0.2, -0.15) is 0 Å². The molecule has 21 heavy (non-hydrogen) atoms. The highest BCUT2D eigenvalue weighted by atomic mass is 15.4. The third-order valence-corrected chi connectivity index (χ3v) is 4.89. The van der Waals surface area contributed by atoms with E-state index in [0.717, 1.165) is 43.7 Å². The van der Waals surface area contributed by atoms with E-state index < -0.39 is 0 Å². The van der Waals surface area contributed by atoms with E-state index in [1.807, 2.05) is 4.68 Å². The van der Waals surface area contributed by atoms with Gasteiger partial charge < -0.3 is 10.2 Å². The van der Waals surface area contributed by atoms with Crippen molar-refractivity contribution in [3.63, 3.8) is 0 Å². The summed E-state index contributed by atoms with van der Waals surface area (Å²) in [6.45, 7) is 11.0. The van der Waals surface area contributed by atoms with Gasteiger partial charge in [-0.3, -0.25) is 4.68 Å². The molecular formula is C16H29N5. The summed E-state index contributed by atoms with van der Waals surface area (Å²) >= 11 is 0. The van der Waals surface area contributed by atoms with Crippen LogP contribution in [0.5, 0.6) is 0 Å². The number of likely N-dealkylation sites (tertiary alicyclic amines) is 1. The van der Waals surface area contributed by atoms with Crippen molar-refractivity contribution in [2.24, 2.45) is 17.8 Å². The number of nitrogens with zero attached hydrogens (tertiary/aromatic N) is 4. The summed E-state index contributed by atoms with van der Waals surface area (Å²) in [5.74, 6) is 2.64. The van der Waals surface area contributed by atoms with E-state index in [1.54, 1.807) is 0 Å². The van der Waals surface area contributed by atoms with Crippen LogP contribution in [0.1, 0.15) is 38.8 Å². The molecule has 2 heterocycles. The maximum absolute atomic E-state index is 4.25. The fourth-order valence-corrected chi connectivity index (χ4v) is 3.78. The molecule has 0 spiro atoms. The lowest BCUT2D eigenvalue weighted by Crippen LogP contribution is -2.26. The maximum Gasteiger partial charge on any atom is 0.0964 e. The lowest BCUT2D eigenvalue weighted by molar-refractivity contribution is 0.291. The van der Waals surface area contributed by atoms with Crippen molar-refractivity contribution >= 4 is 0 Å². The fraction of sp³-hybridized carbons (Fsp3) is 0.875. The zero-order valence-corrected chi connectivity index (χ0v) is 13.5. The van der Waals surface area contributed by atoms with Crippen molar-refractivity contribution in [3.05, 3.63) is 11.9 Å². The van der Waals surface area contributed by atoms with Gasteiger partial charge in [-0.1, -0.05) is 25.5 Å². The molecule has 1 aromatic rings. The number of aromatic nitrogens is 3. The Hall–Kier alpha value is -0.940. The van der Waals surface area contributed by atoms with E-state index in [-0.39, 0.29) is 0 Å². The molecule has 0 aromatic carbocycles. The van der Waals surface area contributed by atoms with Crippen molar-refractivity contribution < 1.29 is 0 Å². The second-order valence-electron chi connectivity index (χ2n) is 7.21. The van der Waals surface area contributed by atoms with Crippen LogP contribution in [0.25, 0.3) is 0 Å². The van der Waals surface area contributed by atoms with E-state index in [9.17, 15) is 0 Å². The van der Waals surface area contributed by atoms with Gasteiger partial charge in [-0.05, 0) is 37.1 Å². The third kappa shape index (κ3) is 4.04. The highest BCUT2D eigenvalue weighted by Crippen LogP contribution is 2.37. The maximum atomic E-state index is 4.25. The second kappa shape index (κ2) is 6.88. The van der Waals surface area contributed by atoms with Crippen LogP contribution in [0.2, 0.25) is 0 Å². The quantitative estimate of drug-likeness (QED) is 0.831. The van der Waals surface area contributed by atoms with E-state index >= 15 is 0 Å². The van der Waals surface area contributed by atoms with Crippen LogP contribution >= 0.6 is 0 Å². The van der Waals surface area contributed by atoms with Gasteiger partial charge in [0.05, 0.1) is 12.2 Å². The number of nitrogens with one attached hydrogen (secondary N) is 1. The Morgan fingerprint density at radius 1 is 1.24 bits per heavy atom. The van der Waals surface area contributed by atoms with Crippen molar-refractivity contribution in [3.8, 4) is 0 Å². The SMILES string of the molecule is CC(C)CNCc1cn(CCN2CC3CCCC3C2)nn1. The Morgan fingerprint density at radius 3 is 2.71 bits per heavy atom. The fourth-order valence-electron chi connectivity index (χ4n) is 3.78. The molecule has 0 amide bonds. The smallest absolute Gasteiger partial charge is 0.0964 e. The average molecular weight is 291 g/mol. The van der Waals surface area contributed by atoms with Crippen molar-refractivity contribution in [1.29, 1.82) is 0 Å². The lowest BCUT2D eigenvalue weighted by atomic mass is 10.0. The van der Waals surface area contributed by atoms with Crippen molar-refractivity contribution in [2.75, 3.05) is 26.2 Å². The average Bonchev–Trinajstić information content (AvgIpc) is 3.10. The number of fused-ring (bicyclic) bond motifs is 1. The lowest BCUT2D eigenvalue weighted by Gasteiger charge is -2.16. The normalized spacial score (nSPS) is 25.9. The molecule has 0 radical (unpaired) electrons. The highest BCUT2D eigenvalue weighted by molar-refractivity contribution is 4.92. The molecule has 2 atom stereocenters. The first-order chi connectivity index (χ1) is 10.2. The molecule has 5 heteroatoms. The molecule has 2 fully saturated rings. The molecule has 5 nitrogen and oxygen atoms in total. The molecule has 1 saturated heterocycles. The molecule has 1 aliphatic heterocycles. The summed E-state index contributed by atoms with van der Waals surface area (Å²) in [6, 6.07) is 0. The minimum atomic E-state index is 0.676. The molecule has 1 saturated carbocycles. The first kappa shape index (κ1) is 15.0. The van der Waals surface area contributed by atoms with Crippen molar-refractivity contribution in [1.82, 2.24) is 25.2 Å². The molecule has 1 aromatic heterocycles. The summed E-state index contributed by atoms with van der Waals surface area (Å²) in [5, 5.41) is 11.9. The van der Waals surface area contributed by atoms with Gasteiger partial charge in [0.15, 0.2) is 0 Å². The first-order valence-electron chi connectivity index (χ1n) is 8.53. The summed E-state index contributed by atoms with van der Waals surface area (Å²) in [6.07, 6.45) is 6.45. The molecular weight excluding hydrogens is 262 g/mol. The first-order valence-corrected chi connectivity index (χ1v) is 8.53. The van der Waals surface area contributed by atoms with Crippen LogP contribution in [0.15, 0.2) is 6.20 Å². The minimum Gasteiger partial charge on any atom is -0.311 e. The minimum absolute atomic E-state index is 0.676. The van der Waals surface area contributed by atoms with Crippen LogP contribution in [-0.2, 0) is 13.1 Å². The Balaban J connectivity index is 1.39. The van der Waals surface area contributed by atoms with Crippen LogP contribution < -0.4 is 5.32 Å². The Morgan fingerprint density at radius 2 is 2.00 bits per heavy atom. The summed E-state index contributed by atoms with van der Waals surface area (Å²) in [7, 11) is 0. The van der Waals surface area contributed by atoms with E-state index in [4.69, 9.17) is 0 Å². The van der Waals surface area contributed by atoms with Gasteiger partial charge in [0.2, 0.25) is 0 Å². The summed E-state index contributed by atoms with van der Waals surface area (Å²) in [5.41, 5.74) is 1.05. The van der Waals surface area contributed by atoms with Gasteiger partial charge in [0, 0.05) is 32.4 Å². The third-order valence-electron chi connectivity index (χ3n) is 4.89. The topological polar surface area (TPSA) is 46.0 Å². The molecule has 118 valence electrons. The van der Waals surface area contributed by atoms with Crippen LogP contribution in [-0.4, -0.2) is 46.1 Å². The monoisotopic (exact) mass is 291 g/mol. The van der Waals surface area contributed by atoms with Gasteiger partial charge in [0.1, 0.15) is 0 Å². The highest BCUT2D eigenvalue weighted by Gasteiger charge is 2.35. The van der Waals surface area contributed by atoms with Crippen LogP contribution in [0.4, 0.5) is 0 Å². The molecule has 1 aliphatic carbocycles. The zero-order valence-electron chi connectivity index (χ0n) is 13.5. The molecule has 0 bridgehead atoms. The van der Waals surface area contributed by atoms with Gasteiger partial charge in [-0.25, -0.2) is 0 Å². The van der Waals surface area contributed by atoms with Crippen LogP contribution in [0, 0.1) is 17.8 Å². The Kier molecular flexibility index (Phi) is 4.91. The van der Waals surface area contributed by atoms with E-state index in [2.05, 4.69) is 40.6 Å². The second-order valence-corrected chi connectivity index (χ2v) is 7.21. The van der Waals surface area contributed by atoms with Crippen LogP contribution in [0.3, 0.4) is 0 Å². The Bertz CT molecular complexity index is 430. The van der Waals surface area contributed by atoms with Crippen molar-refractivity contribution in [2.45, 2.75) is 46.2 Å². The van der Waals surface area contributed by atoms with E-state index in [0.29, 0.717) is 5.92 Å². The van der Waals surface area contributed by atoms with Gasteiger partial charge >= 0.3 is 0 Å². The standard InChI is InChI=1S/C16H29N5/c1-13(2)8-17-9-16-12-21(19-18-16)7-6-20-10-14-4-3-5-15(14)11-20/h12-15,17H,3-11H2,1-2H3. The zero-order chi connectivity index (χ0) is 14.7. The largest absolute Gasteiger partial charge is 0.311 e. The summed E-state index contributed by atoms with van der Waals surface area (Å²) in [4.78, 5) is 2.62. The molecule has 2 unspecified atom stereocenters. The predicted octanol–water partition coefficient (Wildman–Crippen LogP) is 1.76.